The lowest BCUT2D eigenvalue weighted by molar-refractivity contribution is -0.123. The molecule has 1 saturated heterocycles. The summed E-state index contributed by atoms with van der Waals surface area (Å²) < 4.78 is 37.4. The summed E-state index contributed by atoms with van der Waals surface area (Å²) in [5, 5.41) is 3.17. The molecule has 7 nitrogen and oxygen atoms in total. The highest BCUT2D eigenvalue weighted by molar-refractivity contribution is 7.89. The van der Waals surface area contributed by atoms with E-state index in [0.717, 1.165) is 25.7 Å². The summed E-state index contributed by atoms with van der Waals surface area (Å²) in [4.78, 5) is 12.3. The van der Waals surface area contributed by atoms with Gasteiger partial charge in [0.05, 0.1) is 23.1 Å². The number of amides is 1. The Hall–Kier alpha value is -1.35. The number of sulfonamides is 1. The van der Waals surface area contributed by atoms with Gasteiger partial charge in [-0.3, -0.25) is 4.79 Å². The van der Waals surface area contributed by atoms with E-state index in [1.165, 1.54) is 35.3 Å². The molecule has 1 aliphatic heterocycles. The number of nitrogens with one attached hydrogen (secondary N) is 1. The van der Waals surface area contributed by atoms with E-state index in [2.05, 4.69) is 5.32 Å². The number of hydrogen-bond acceptors (Lipinski definition) is 5. The van der Waals surface area contributed by atoms with Crippen LogP contribution in [0.25, 0.3) is 0 Å². The van der Waals surface area contributed by atoms with Gasteiger partial charge in [-0.15, -0.1) is 0 Å². The standard InChI is InChI=1S/C19H27ClN2O5S/c20-17-13-16(28(24,25)22-9-11-26-12-10-22)7-8-18(17)27-14-19(23)21-15-5-3-1-2-4-6-15/h7-8,13,15H,1-6,9-12,14H2,(H,21,23). The Morgan fingerprint density at radius 2 is 1.86 bits per heavy atom. The van der Waals surface area contributed by atoms with Crippen molar-refractivity contribution in [1.82, 2.24) is 9.62 Å². The molecule has 0 atom stereocenters. The molecule has 1 aromatic rings. The van der Waals surface area contributed by atoms with Gasteiger partial charge in [0.15, 0.2) is 6.61 Å². The lowest BCUT2D eigenvalue weighted by atomic mass is 10.1. The Morgan fingerprint density at radius 3 is 2.50 bits per heavy atom. The number of morpholine rings is 1. The summed E-state index contributed by atoms with van der Waals surface area (Å²) in [5.41, 5.74) is 0. The monoisotopic (exact) mass is 430 g/mol. The van der Waals surface area contributed by atoms with Crippen LogP contribution >= 0.6 is 11.6 Å². The molecule has 1 heterocycles. The number of nitrogens with zero attached hydrogens (tertiary/aromatic N) is 1. The maximum atomic E-state index is 12.7. The Kier molecular flexibility index (Phi) is 7.56. The zero-order chi connectivity index (χ0) is 20.0. The molecule has 9 heteroatoms. The van der Waals surface area contributed by atoms with Crippen LogP contribution in [0.3, 0.4) is 0 Å². The molecular weight excluding hydrogens is 404 g/mol. The maximum Gasteiger partial charge on any atom is 0.258 e. The molecule has 2 aliphatic rings. The quantitative estimate of drug-likeness (QED) is 0.701. The molecule has 3 rings (SSSR count). The van der Waals surface area contributed by atoms with Gasteiger partial charge in [-0.2, -0.15) is 4.31 Å². The van der Waals surface area contributed by atoms with Crippen LogP contribution < -0.4 is 10.1 Å². The van der Waals surface area contributed by atoms with Gasteiger partial charge in [-0.25, -0.2) is 8.42 Å². The minimum atomic E-state index is -3.62. The minimum absolute atomic E-state index is 0.106. The average molecular weight is 431 g/mol. The van der Waals surface area contributed by atoms with Gasteiger partial charge >= 0.3 is 0 Å². The van der Waals surface area contributed by atoms with E-state index >= 15 is 0 Å². The first kappa shape index (κ1) is 21.4. The molecule has 2 fully saturated rings. The summed E-state index contributed by atoms with van der Waals surface area (Å²) in [5.74, 6) is 0.103. The number of carbonyl (C=O) groups is 1. The number of ether oxygens (including phenoxy) is 2. The van der Waals surface area contributed by atoms with Crippen molar-refractivity contribution < 1.29 is 22.7 Å². The second kappa shape index (κ2) is 9.91. The fourth-order valence-electron chi connectivity index (χ4n) is 3.53. The number of carbonyl (C=O) groups excluding carboxylic acids is 1. The van der Waals surface area contributed by atoms with Crippen LogP contribution in [0.1, 0.15) is 38.5 Å². The van der Waals surface area contributed by atoms with E-state index in [4.69, 9.17) is 21.1 Å². The molecule has 1 aromatic carbocycles. The molecule has 0 radical (unpaired) electrons. The SMILES string of the molecule is O=C(COc1ccc(S(=O)(=O)N2CCOCC2)cc1Cl)NC1CCCCCC1. The van der Waals surface area contributed by atoms with Gasteiger partial charge in [-0.1, -0.05) is 37.3 Å². The summed E-state index contributed by atoms with van der Waals surface area (Å²) in [7, 11) is -3.62. The lowest BCUT2D eigenvalue weighted by Gasteiger charge is -2.26. The third kappa shape index (κ3) is 5.59. The van der Waals surface area contributed by atoms with Crippen molar-refractivity contribution in [2.24, 2.45) is 0 Å². The molecule has 156 valence electrons. The Labute approximate surface area is 171 Å². The van der Waals surface area contributed by atoms with Gasteiger partial charge in [-0.05, 0) is 31.0 Å². The lowest BCUT2D eigenvalue weighted by Crippen LogP contribution is -2.40. The summed E-state index contributed by atoms with van der Waals surface area (Å²) in [6, 6.07) is 4.52. The first-order valence-corrected chi connectivity index (χ1v) is 11.6. The highest BCUT2D eigenvalue weighted by Crippen LogP contribution is 2.29. The highest BCUT2D eigenvalue weighted by atomic mass is 35.5. The fraction of sp³-hybridized carbons (Fsp3) is 0.632. The number of hydrogen-bond donors (Lipinski definition) is 1. The first-order chi connectivity index (χ1) is 13.5. The normalized spacial score (nSPS) is 19.8. The molecule has 0 bridgehead atoms. The van der Waals surface area contributed by atoms with Crippen molar-refractivity contribution in [2.45, 2.75) is 49.5 Å². The zero-order valence-corrected chi connectivity index (χ0v) is 17.4. The molecule has 0 spiro atoms. The van der Waals surface area contributed by atoms with E-state index in [0.29, 0.717) is 32.1 Å². The van der Waals surface area contributed by atoms with E-state index in [9.17, 15) is 13.2 Å². The van der Waals surface area contributed by atoms with Crippen molar-refractivity contribution in [3.63, 3.8) is 0 Å². The average Bonchev–Trinajstić information content (AvgIpc) is 2.96. The van der Waals surface area contributed by atoms with Crippen LogP contribution in [0, 0.1) is 0 Å². The zero-order valence-electron chi connectivity index (χ0n) is 15.9. The van der Waals surface area contributed by atoms with E-state index in [-0.39, 0.29) is 28.5 Å². The second-order valence-electron chi connectivity index (χ2n) is 7.15. The molecule has 0 unspecified atom stereocenters. The number of benzene rings is 1. The summed E-state index contributed by atoms with van der Waals surface area (Å²) >= 11 is 6.21. The fourth-order valence-corrected chi connectivity index (χ4v) is 5.27. The van der Waals surface area contributed by atoms with Crippen molar-refractivity contribution >= 4 is 27.5 Å². The molecule has 1 aliphatic carbocycles. The molecule has 28 heavy (non-hydrogen) atoms. The predicted octanol–water partition coefficient (Wildman–Crippen LogP) is 2.58. The predicted molar refractivity (Wildman–Crippen MR) is 106 cm³/mol. The third-order valence-corrected chi connectivity index (χ3v) is 7.28. The minimum Gasteiger partial charge on any atom is -0.482 e. The highest BCUT2D eigenvalue weighted by Gasteiger charge is 2.27. The van der Waals surface area contributed by atoms with Crippen molar-refractivity contribution in [3.8, 4) is 5.75 Å². The van der Waals surface area contributed by atoms with E-state index < -0.39 is 10.0 Å². The van der Waals surface area contributed by atoms with Gasteiger partial charge in [0.25, 0.3) is 5.91 Å². The van der Waals surface area contributed by atoms with Crippen molar-refractivity contribution in [3.05, 3.63) is 23.2 Å². The van der Waals surface area contributed by atoms with Crippen LogP contribution in [-0.2, 0) is 19.6 Å². The second-order valence-corrected chi connectivity index (χ2v) is 9.50. The smallest absolute Gasteiger partial charge is 0.258 e. The van der Waals surface area contributed by atoms with Crippen molar-refractivity contribution in [2.75, 3.05) is 32.9 Å². The molecule has 1 amide bonds. The summed E-state index contributed by atoms with van der Waals surface area (Å²) in [6.07, 6.45) is 6.71. The molecule has 1 saturated carbocycles. The Morgan fingerprint density at radius 1 is 1.18 bits per heavy atom. The van der Waals surface area contributed by atoms with Gasteiger partial charge < -0.3 is 14.8 Å². The Bertz CT molecular complexity index is 773. The van der Waals surface area contributed by atoms with Crippen LogP contribution in [0.4, 0.5) is 0 Å². The van der Waals surface area contributed by atoms with Crippen LogP contribution in [-0.4, -0.2) is 57.6 Å². The van der Waals surface area contributed by atoms with Crippen LogP contribution in [0.2, 0.25) is 5.02 Å². The topological polar surface area (TPSA) is 84.9 Å². The maximum absolute atomic E-state index is 12.7. The van der Waals surface area contributed by atoms with Crippen LogP contribution in [0.5, 0.6) is 5.75 Å². The third-order valence-electron chi connectivity index (χ3n) is 5.09. The molecular formula is C19H27ClN2O5S. The molecule has 1 N–H and O–H groups in total. The van der Waals surface area contributed by atoms with Gasteiger partial charge in [0, 0.05) is 19.1 Å². The van der Waals surface area contributed by atoms with Gasteiger partial charge in [0.1, 0.15) is 5.75 Å². The van der Waals surface area contributed by atoms with E-state index in [1.54, 1.807) is 0 Å². The van der Waals surface area contributed by atoms with Crippen molar-refractivity contribution in [1.29, 1.82) is 0 Å². The Balaban J connectivity index is 1.57. The summed E-state index contributed by atoms with van der Waals surface area (Å²) in [6.45, 7) is 1.25. The van der Waals surface area contributed by atoms with Gasteiger partial charge in [0.2, 0.25) is 10.0 Å². The largest absolute Gasteiger partial charge is 0.482 e. The first-order valence-electron chi connectivity index (χ1n) is 9.76. The number of rotatable bonds is 6. The van der Waals surface area contributed by atoms with Crippen LogP contribution in [0.15, 0.2) is 23.1 Å². The molecule has 0 aromatic heterocycles. The number of halogens is 1. The van der Waals surface area contributed by atoms with E-state index in [1.807, 2.05) is 0 Å².